The molecule has 0 aliphatic carbocycles. The van der Waals surface area contributed by atoms with Gasteiger partial charge in [0.1, 0.15) is 5.82 Å². The molecule has 32 heavy (non-hydrogen) atoms. The molecule has 3 aliphatic heterocycles. The fourth-order valence-electron chi connectivity index (χ4n) is 5.02. The summed E-state index contributed by atoms with van der Waals surface area (Å²) in [5.74, 6) is 1.86. The molecule has 1 aromatic heterocycles. The zero-order valence-corrected chi connectivity index (χ0v) is 19.4. The number of likely N-dealkylation sites (N-methyl/N-ethyl adjacent to an activating group) is 1. The minimum atomic E-state index is 0.845. The molecule has 2 fully saturated rings. The predicted molar refractivity (Wildman–Crippen MR) is 131 cm³/mol. The molecule has 2 saturated heterocycles. The van der Waals surface area contributed by atoms with Gasteiger partial charge in [0.05, 0.1) is 5.69 Å². The van der Waals surface area contributed by atoms with Crippen LogP contribution in [0.5, 0.6) is 0 Å². The minimum Gasteiger partial charge on any atom is -0.370 e. The maximum absolute atomic E-state index is 4.98. The van der Waals surface area contributed by atoms with E-state index in [2.05, 4.69) is 56.6 Å². The van der Waals surface area contributed by atoms with Crippen molar-refractivity contribution in [2.24, 2.45) is 0 Å². The van der Waals surface area contributed by atoms with Gasteiger partial charge in [-0.3, -0.25) is 0 Å². The summed E-state index contributed by atoms with van der Waals surface area (Å²) in [6.07, 6.45) is 4.83. The molecule has 0 spiro atoms. The summed E-state index contributed by atoms with van der Waals surface area (Å²) in [5.41, 5.74) is 4.84. The van der Waals surface area contributed by atoms with Gasteiger partial charge in [0.2, 0.25) is 0 Å². The molecular formula is C25H37N7. The first-order valence-corrected chi connectivity index (χ1v) is 12.4. The lowest BCUT2D eigenvalue weighted by molar-refractivity contribution is 0.313. The smallest absolute Gasteiger partial charge is 0.161 e. The summed E-state index contributed by atoms with van der Waals surface area (Å²) in [6, 6.07) is 8.84. The Morgan fingerprint density at radius 1 is 0.969 bits per heavy atom. The number of nitrogens with zero attached hydrogens (tertiary/aromatic N) is 5. The number of piperazine rings is 1. The van der Waals surface area contributed by atoms with E-state index in [1.807, 2.05) is 0 Å². The van der Waals surface area contributed by atoms with Crippen molar-refractivity contribution < 1.29 is 0 Å². The zero-order chi connectivity index (χ0) is 21.8. The van der Waals surface area contributed by atoms with Gasteiger partial charge in [-0.2, -0.15) is 0 Å². The SMILES string of the molecule is CN1CCN(c2ccc(-c3nc4c(c(NCCCN5CCCC5)n3)CNCC4)cc2)CC1. The summed E-state index contributed by atoms with van der Waals surface area (Å²) >= 11 is 0. The Labute approximate surface area is 192 Å². The van der Waals surface area contributed by atoms with Gasteiger partial charge in [-0.05, 0) is 70.2 Å². The van der Waals surface area contributed by atoms with Crippen LogP contribution in [-0.4, -0.2) is 85.7 Å². The van der Waals surface area contributed by atoms with Crippen LogP contribution in [0, 0.1) is 0 Å². The third-order valence-corrected chi connectivity index (χ3v) is 7.07. The Kier molecular flexibility index (Phi) is 6.86. The second-order valence-electron chi connectivity index (χ2n) is 9.41. The largest absolute Gasteiger partial charge is 0.370 e. The molecule has 172 valence electrons. The quantitative estimate of drug-likeness (QED) is 0.648. The number of hydrogen-bond donors (Lipinski definition) is 2. The first kappa shape index (κ1) is 21.6. The molecule has 2 N–H and O–H groups in total. The maximum atomic E-state index is 4.98. The van der Waals surface area contributed by atoms with Gasteiger partial charge in [-0.25, -0.2) is 9.97 Å². The topological polar surface area (TPSA) is 59.6 Å². The summed E-state index contributed by atoms with van der Waals surface area (Å²) in [6.45, 7) is 10.9. The van der Waals surface area contributed by atoms with E-state index in [1.54, 1.807) is 0 Å². The molecule has 7 heteroatoms. The van der Waals surface area contributed by atoms with Crippen molar-refractivity contribution in [2.45, 2.75) is 32.2 Å². The number of fused-ring (bicyclic) bond motifs is 1. The number of nitrogens with one attached hydrogen (secondary N) is 2. The highest BCUT2D eigenvalue weighted by molar-refractivity contribution is 5.63. The second-order valence-corrected chi connectivity index (χ2v) is 9.41. The number of anilines is 2. The molecule has 0 bridgehead atoms. The van der Waals surface area contributed by atoms with Gasteiger partial charge in [0, 0.05) is 69.0 Å². The van der Waals surface area contributed by atoms with Crippen LogP contribution < -0.4 is 15.5 Å². The van der Waals surface area contributed by atoms with Crippen LogP contribution in [0.2, 0.25) is 0 Å². The fourth-order valence-corrected chi connectivity index (χ4v) is 5.02. The molecule has 1 aromatic carbocycles. The standard InChI is InChI=1S/C25H37N7/c1-30-15-17-32(18-16-30)21-7-5-20(6-8-21)24-28-23-9-11-26-19-22(23)25(29-24)27-10-4-14-31-12-2-3-13-31/h5-8,26H,2-4,9-19H2,1H3,(H,27,28,29). The van der Waals surface area contributed by atoms with Crippen LogP contribution >= 0.6 is 0 Å². The second kappa shape index (κ2) is 10.1. The highest BCUT2D eigenvalue weighted by atomic mass is 15.2. The molecule has 0 amide bonds. The molecule has 2 aromatic rings. The average Bonchev–Trinajstić information content (AvgIpc) is 3.36. The van der Waals surface area contributed by atoms with Crippen LogP contribution in [-0.2, 0) is 13.0 Å². The molecule has 0 saturated carbocycles. The fraction of sp³-hybridized carbons (Fsp3) is 0.600. The lowest BCUT2D eigenvalue weighted by Gasteiger charge is -2.34. The summed E-state index contributed by atoms with van der Waals surface area (Å²) in [5, 5.41) is 7.13. The molecule has 7 nitrogen and oxygen atoms in total. The minimum absolute atomic E-state index is 0.845. The molecule has 0 radical (unpaired) electrons. The van der Waals surface area contributed by atoms with Crippen LogP contribution in [0.4, 0.5) is 11.5 Å². The molecule has 0 atom stereocenters. The third kappa shape index (κ3) is 5.05. The van der Waals surface area contributed by atoms with Crippen LogP contribution in [0.1, 0.15) is 30.5 Å². The Morgan fingerprint density at radius 3 is 2.53 bits per heavy atom. The summed E-state index contributed by atoms with van der Waals surface area (Å²) in [7, 11) is 2.20. The van der Waals surface area contributed by atoms with E-state index in [-0.39, 0.29) is 0 Å². The van der Waals surface area contributed by atoms with E-state index in [9.17, 15) is 0 Å². The van der Waals surface area contributed by atoms with Gasteiger partial charge >= 0.3 is 0 Å². The van der Waals surface area contributed by atoms with Gasteiger partial charge in [0.25, 0.3) is 0 Å². The average molecular weight is 436 g/mol. The van der Waals surface area contributed by atoms with E-state index in [4.69, 9.17) is 9.97 Å². The normalized spacial score (nSPS) is 19.8. The number of aromatic nitrogens is 2. The zero-order valence-electron chi connectivity index (χ0n) is 19.4. The van der Waals surface area contributed by atoms with Crippen LogP contribution in [0.15, 0.2) is 24.3 Å². The van der Waals surface area contributed by atoms with E-state index < -0.39 is 0 Å². The lowest BCUT2D eigenvalue weighted by atomic mass is 10.1. The Hall–Kier alpha value is -2.22. The first-order valence-electron chi connectivity index (χ1n) is 12.4. The number of hydrogen-bond acceptors (Lipinski definition) is 7. The van der Waals surface area contributed by atoms with Crippen molar-refractivity contribution >= 4 is 11.5 Å². The monoisotopic (exact) mass is 435 g/mol. The van der Waals surface area contributed by atoms with Gasteiger partial charge < -0.3 is 25.3 Å². The molecule has 5 rings (SSSR count). The number of benzene rings is 1. The Balaban J connectivity index is 1.29. The molecular weight excluding hydrogens is 398 g/mol. The van der Waals surface area contributed by atoms with E-state index in [0.29, 0.717) is 0 Å². The van der Waals surface area contributed by atoms with Crippen molar-refractivity contribution in [2.75, 3.05) is 76.2 Å². The van der Waals surface area contributed by atoms with E-state index in [1.165, 1.54) is 49.4 Å². The Bertz CT molecular complexity index is 884. The van der Waals surface area contributed by atoms with Crippen molar-refractivity contribution in [1.82, 2.24) is 25.1 Å². The Morgan fingerprint density at radius 2 is 1.75 bits per heavy atom. The van der Waals surface area contributed by atoms with E-state index in [0.717, 1.165) is 75.9 Å². The maximum Gasteiger partial charge on any atom is 0.161 e. The van der Waals surface area contributed by atoms with Crippen LogP contribution in [0.3, 0.4) is 0 Å². The highest BCUT2D eigenvalue weighted by Gasteiger charge is 2.19. The van der Waals surface area contributed by atoms with Crippen molar-refractivity contribution in [3.8, 4) is 11.4 Å². The predicted octanol–water partition coefficient (Wildman–Crippen LogP) is 2.44. The van der Waals surface area contributed by atoms with Crippen molar-refractivity contribution in [3.63, 3.8) is 0 Å². The summed E-state index contributed by atoms with van der Waals surface area (Å²) in [4.78, 5) is 17.4. The van der Waals surface area contributed by atoms with E-state index >= 15 is 0 Å². The lowest BCUT2D eigenvalue weighted by Crippen LogP contribution is -2.44. The number of likely N-dealkylation sites (tertiary alicyclic amines) is 1. The third-order valence-electron chi connectivity index (χ3n) is 7.07. The van der Waals surface area contributed by atoms with Crippen LogP contribution in [0.25, 0.3) is 11.4 Å². The van der Waals surface area contributed by atoms with Gasteiger partial charge in [0.15, 0.2) is 5.82 Å². The first-order chi connectivity index (χ1) is 15.8. The number of rotatable bonds is 7. The summed E-state index contributed by atoms with van der Waals surface area (Å²) < 4.78 is 0. The van der Waals surface area contributed by atoms with Crippen molar-refractivity contribution in [3.05, 3.63) is 35.5 Å². The molecule has 4 heterocycles. The van der Waals surface area contributed by atoms with Crippen molar-refractivity contribution in [1.29, 1.82) is 0 Å². The molecule has 0 unspecified atom stereocenters. The molecule has 3 aliphatic rings. The highest BCUT2D eigenvalue weighted by Crippen LogP contribution is 2.27. The van der Waals surface area contributed by atoms with Gasteiger partial charge in [-0.1, -0.05) is 0 Å². The van der Waals surface area contributed by atoms with Gasteiger partial charge in [-0.15, -0.1) is 0 Å².